The van der Waals surface area contributed by atoms with E-state index in [-0.39, 0.29) is 18.3 Å². The second-order valence-corrected chi connectivity index (χ2v) is 5.53. The van der Waals surface area contributed by atoms with Gasteiger partial charge < -0.3 is 9.64 Å². The average Bonchev–Trinajstić information content (AvgIpc) is 2.88. The minimum atomic E-state index is -0.269. The number of thioether (sulfide) groups is 1. The smallest absolute Gasteiger partial charge is 0.306 e. The van der Waals surface area contributed by atoms with E-state index in [9.17, 15) is 9.59 Å². The van der Waals surface area contributed by atoms with Gasteiger partial charge in [-0.2, -0.15) is 11.8 Å². The zero-order chi connectivity index (χ0) is 11.5. The van der Waals surface area contributed by atoms with E-state index in [4.69, 9.17) is 4.74 Å². The van der Waals surface area contributed by atoms with E-state index >= 15 is 0 Å². The first-order valence-electron chi connectivity index (χ1n) is 5.77. The molecule has 0 aliphatic carbocycles. The normalized spacial score (nSPS) is 27.2. The molecule has 4 nitrogen and oxygen atoms in total. The van der Waals surface area contributed by atoms with Gasteiger partial charge in [0.05, 0.1) is 13.0 Å². The molecule has 0 radical (unpaired) electrons. The van der Waals surface area contributed by atoms with Crippen LogP contribution in [0.5, 0.6) is 0 Å². The highest BCUT2D eigenvalue weighted by atomic mass is 32.2. The fourth-order valence-corrected chi connectivity index (χ4v) is 3.73. The van der Waals surface area contributed by atoms with Crippen LogP contribution >= 0.6 is 11.8 Å². The molecule has 0 aromatic heterocycles. The Kier molecular flexibility index (Phi) is 3.74. The van der Waals surface area contributed by atoms with Crippen LogP contribution < -0.4 is 0 Å². The molecular weight excluding hydrogens is 226 g/mol. The van der Waals surface area contributed by atoms with Crippen LogP contribution in [0.25, 0.3) is 0 Å². The first-order chi connectivity index (χ1) is 7.70. The lowest BCUT2D eigenvalue weighted by atomic mass is 10.2. The second kappa shape index (κ2) is 5.08. The van der Waals surface area contributed by atoms with Crippen molar-refractivity contribution in [2.24, 2.45) is 0 Å². The molecule has 16 heavy (non-hydrogen) atoms. The summed E-state index contributed by atoms with van der Waals surface area (Å²) < 4.78 is 4.80. The van der Waals surface area contributed by atoms with Gasteiger partial charge in [-0.25, -0.2) is 0 Å². The van der Waals surface area contributed by atoms with Crippen LogP contribution in [0, 0.1) is 0 Å². The van der Waals surface area contributed by atoms with Gasteiger partial charge >= 0.3 is 5.97 Å². The number of nitrogens with zero attached hydrogens (tertiary/aromatic N) is 1. The van der Waals surface area contributed by atoms with Crippen molar-refractivity contribution in [3.63, 3.8) is 0 Å². The third-order valence-electron chi connectivity index (χ3n) is 3.07. The Hall–Kier alpha value is -0.710. The molecule has 2 heterocycles. The van der Waals surface area contributed by atoms with Crippen molar-refractivity contribution in [3.8, 4) is 0 Å². The summed E-state index contributed by atoms with van der Waals surface area (Å²) in [6.07, 6.45) is 1.65. The van der Waals surface area contributed by atoms with Crippen molar-refractivity contribution in [3.05, 3.63) is 0 Å². The Bertz CT molecular complexity index is 295. The highest BCUT2D eigenvalue weighted by Gasteiger charge is 2.40. The summed E-state index contributed by atoms with van der Waals surface area (Å²) >= 11 is 1.96. The van der Waals surface area contributed by atoms with Crippen LogP contribution in [-0.4, -0.2) is 47.0 Å². The van der Waals surface area contributed by atoms with Gasteiger partial charge in [0.2, 0.25) is 5.91 Å². The zero-order valence-electron chi connectivity index (χ0n) is 9.48. The molecule has 90 valence electrons. The highest BCUT2D eigenvalue weighted by Crippen LogP contribution is 2.37. The van der Waals surface area contributed by atoms with E-state index in [0.29, 0.717) is 24.3 Å². The Balaban J connectivity index is 1.74. The standard InChI is InChI=1S/C11H17NO3S/c1-2-15-11(14)4-3-10(13)12-6-9-5-8(12)7-16-9/h8-9H,2-7H2,1H3. The lowest BCUT2D eigenvalue weighted by molar-refractivity contribution is -0.145. The first kappa shape index (κ1) is 11.8. The van der Waals surface area contributed by atoms with E-state index in [1.54, 1.807) is 6.92 Å². The molecule has 2 bridgehead atoms. The Labute approximate surface area is 99.7 Å². The van der Waals surface area contributed by atoms with E-state index in [0.717, 1.165) is 18.7 Å². The number of hydrogen-bond donors (Lipinski definition) is 0. The largest absolute Gasteiger partial charge is 0.466 e. The van der Waals surface area contributed by atoms with Crippen molar-refractivity contribution in [2.75, 3.05) is 18.9 Å². The molecular formula is C11H17NO3S. The van der Waals surface area contributed by atoms with Crippen LogP contribution in [-0.2, 0) is 14.3 Å². The van der Waals surface area contributed by atoms with Crippen molar-refractivity contribution >= 4 is 23.6 Å². The number of rotatable bonds is 4. The topological polar surface area (TPSA) is 46.6 Å². The summed E-state index contributed by atoms with van der Waals surface area (Å²) in [5, 5.41) is 0.636. The second-order valence-electron chi connectivity index (χ2n) is 4.20. The van der Waals surface area contributed by atoms with Gasteiger partial charge in [-0.15, -0.1) is 0 Å². The number of esters is 1. The maximum absolute atomic E-state index is 11.9. The van der Waals surface area contributed by atoms with E-state index in [1.165, 1.54) is 0 Å². The SMILES string of the molecule is CCOC(=O)CCC(=O)N1CC2CC1CS2. The summed E-state index contributed by atoms with van der Waals surface area (Å²) in [5.74, 6) is 0.908. The van der Waals surface area contributed by atoms with Gasteiger partial charge in [0.25, 0.3) is 0 Å². The number of carbonyl (C=O) groups excluding carboxylic acids is 2. The summed E-state index contributed by atoms with van der Waals surface area (Å²) in [6, 6.07) is 0.421. The third kappa shape index (κ3) is 2.51. The maximum Gasteiger partial charge on any atom is 0.306 e. The zero-order valence-corrected chi connectivity index (χ0v) is 10.3. The van der Waals surface area contributed by atoms with Crippen molar-refractivity contribution in [2.45, 2.75) is 37.5 Å². The van der Waals surface area contributed by atoms with E-state index in [2.05, 4.69) is 0 Å². The van der Waals surface area contributed by atoms with Crippen LogP contribution in [0.2, 0.25) is 0 Å². The molecule has 1 amide bonds. The van der Waals surface area contributed by atoms with Gasteiger partial charge in [-0.1, -0.05) is 0 Å². The molecule has 2 saturated heterocycles. The van der Waals surface area contributed by atoms with Gasteiger partial charge in [-0.05, 0) is 13.3 Å². The van der Waals surface area contributed by atoms with Crippen LogP contribution in [0.15, 0.2) is 0 Å². The number of carbonyl (C=O) groups is 2. The van der Waals surface area contributed by atoms with Crippen LogP contribution in [0.1, 0.15) is 26.2 Å². The molecule has 0 aromatic rings. The molecule has 2 unspecified atom stereocenters. The third-order valence-corrected chi connectivity index (χ3v) is 4.46. The Morgan fingerprint density at radius 2 is 2.25 bits per heavy atom. The number of fused-ring (bicyclic) bond motifs is 2. The molecule has 0 N–H and O–H groups in total. The number of likely N-dealkylation sites (tertiary alicyclic amines) is 1. The number of amides is 1. The van der Waals surface area contributed by atoms with Crippen molar-refractivity contribution in [1.29, 1.82) is 0 Å². The van der Waals surface area contributed by atoms with Crippen LogP contribution in [0.4, 0.5) is 0 Å². The molecule has 2 fully saturated rings. The highest BCUT2D eigenvalue weighted by molar-refractivity contribution is 8.00. The van der Waals surface area contributed by atoms with Crippen molar-refractivity contribution < 1.29 is 14.3 Å². The van der Waals surface area contributed by atoms with Gasteiger partial charge in [0.1, 0.15) is 0 Å². The summed E-state index contributed by atoms with van der Waals surface area (Å²) in [7, 11) is 0. The van der Waals surface area contributed by atoms with Crippen molar-refractivity contribution in [1.82, 2.24) is 4.90 Å². The molecule has 2 aliphatic heterocycles. The fraction of sp³-hybridized carbons (Fsp3) is 0.818. The molecule has 5 heteroatoms. The minimum absolute atomic E-state index is 0.112. The summed E-state index contributed by atoms with van der Waals surface area (Å²) in [5.41, 5.74) is 0. The van der Waals surface area contributed by atoms with E-state index < -0.39 is 0 Å². The molecule has 0 aromatic carbocycles. The maximum atomic E-state index is 11.9. The molecule has 0 saturated carbocycles. The molecule has 2 rings (SSSR count). The van der Waals surface area contributed by atoms with E-state index in [1.807, 2.05) is 16.7 Å². The first-order valence-corrected chi connectivity index (χ1v) is 6.82. The fourth-order valence-electron chi connectivity index (χ4n) is 2.29. The lowest BCUT2D eigenvalue weighted by Crippen LogP contribution is -2.39. The van der Waals surface area contributed by atoms with Gasteiger partial charge in [0, 0.05) is 30.0 Å². The van der Waals surface area contributed by atoms with Gasteiger partial charge in [-0.3, -0.25) is 9.59 Å². The Morgan fingerprint density at radius 1 is 1.44 bits per heavy atom. The minimum Gasteiger partial charge on any atom is -0.466 e. The Morgan fingerprint density at radius 3 is 2.81 bits per heavy atom. The average molecular weight is 243 g/mol. The lowest BCUT2D eigenvalue weighted by Gasteiger charge is -2.26. The van der Waals surface area contributed by atoms with Crippen LogP contribution in [0.3, 0.4) is 0 Å². The summed E-state index contributed by atoms with van der Waals surface area (Å²) in [6.45, 7) is 3.03. The molecule has 0 spiro atoms. The molecule has 2 aliphatic rings. The predicted molar refractivity (Wildman–Crippen MR) is 62.2 cm³/mol. The quantitative estimate of drug-likeness (QED) is 0.692. The van der Waals surface area contributed by atoms with Gasteiger partial charge in [0.15, 0.2) is 0 Å². The summed E-state index contributed by atoms with van der Waals surface area (Å²) in [4.78, 5) is 24.9. The number of ether oxygens (including phenoxy) is 1. The molecule has 2 atom stereocenters. The predicted octanol–water partition coefficient (Wildman–Crippen LogP) is 1.05. The number of hydrogen-bond acceptors (Lipinski definition) is 4. The monoisotopic (exact) mass is 243 g/mol.